The van der Waals surface area contributed by atoms with Gasteiger partial charge in [0.25, 0.3) is 0 Å². The number of nitrogens with zero attached hydrogens (tertiary/aromatic N) is 4. The van der Waals surface area contributed by atoms with Crippen molar-refractivity contribution in [2.45, 2.75) is 43.6 Å². The van der Waals surface area contributed by atoms with Crippen molar-refractivity contribution in [2.75, 3.05) is 18.6 Å². The van der Waals surface area contributed by atoms with Crippen LogP contribution in [0.5, 0.6) is 5.75 Å². The van der Waals surface area contributed by atoms with Crippen LogP contribution in [0.4, 0.5) is 5.69 Å². The van der Waals surface area contributed by atoms with Gasteiger partial charge in [-0.05, 0) is 52.0 Å². The van der Waals surface area contributed by atoms with Gasteiger partial charge in [-0.3, -0.25) is 9.59 Å². The lowest BCUT2D eigenvalue weighted by molar-refractivity contribution is -0.124. The highest BCUT2D eigenvalue weighted by atomic mass is 32.2. The van der Waals surface area contributed by atoms with E-state index >= 15 is 0 Å². The maximum Gasteiger partial charge on any atom is 0.240 e. The number of methoxy groups -OCH3 is 1. The van der Waals surface area contributed by atoms with Crippen LogP contribution in [0, 0.1) is 0 Å². The van der Waals surface area contributed by atoms with Crippen molar-refractivity contribution in [3.05, 3.63) is 54.6 Å². The summed E-state index contributed by atoms with van der Waals surface area (Å²) in [4.78, 5) is 27.7. The minimum Gasteiger partial charge on any atom is -0.497 e. The predicted molar refractivity (Wildman–Crippen MR) is 135 cm³/mol. The Hall–Kier alpha value is -3.33. The summed E-state index contributed by atoms with van der Waals surface area (Å²) in [6.45, 7) is 7.42. The molecular formula is C25H31N5O3S. The molecule has 0 aliphatic heterocycles. The Morgan fingerprint density at radius 1 is 1.09 bits per heavy atom. The molecule has 9 heteroatoms. The molecule has 180 valence electrons. The summed E-state index contributed by atoms with van der Waals surface area (Å²) in [6, 6.07) is 16.8. The smallest absolute Gasteiger partial charge is 0.240 e. The molecule has 0 bridgehead atoms. The van der Waals surface area contributed by atoms with Gasteiger partial charge >= 0.3 is 0 Å². The van der Waals surface area contributed by atoms with Crippen LogP contribution in [0.2, 0.25) is 0 Å². The Morgan fingerprint density at radius 2 is 1.74 bits per heavy atom. The first kappa shape index (κ1) is 25.3. The Kier molecular flexibility index (Phi) is 7.98. The summed E-state index contributed by atoms with van der Waals surface area (Å²) in [5.41, 5.74) is 1.16. The van der Waals surface area contributed by atoms with E-state index in [2.05, 4.69) is 15.5 Å². The number of aromatic nitrogens is 3. The SMILES string of the molecule is COc1ccc(N(CC(=O)NC(C)(C)C)C(=O)[C@H](C)Sc2nnc(-c3ccccc3)n2C)cc1. The van der Waals surface area contributed by atoms with Gasteiger partial charge in [0, 0.05) is 23.8 Å². The van der Waals surface area contributed by atoms with Gasteiger partial charge in [0.15, 0.2) is 11.0 Å². The largest absolute Gasteiger partial charge is 0.497 e. The van der Waals surface area contributed by atoms with Crippen LogP contribution in [0.3, 0.4) is 0 Å². The molecular weight excluding hydrogens is 450 g/mol. The molecule has 0 unspecified atom stereocenters. The zero-order valence-electron chi connectivity index (χ0n) is 20.4. The lowest BCUT2D eigenvalue weighted by atomic mass is 10.1. The highest BCUT2D eigenvalue weighted by Crippen LogP contribution is 2.28. The number of ether oxygens (including phenoxy) is 1. The summed E-state index contributed by atoms with van der Waals surface area (Å²) in [7, 11) is 3.46. The topological polar surface area (TPSA) is 89.3 Å². The normalized spacial score (nSPS) is 12.2. The number of hydrogen-bond donors (Lipinski definition) is 1. The highest BCUT2D eigenvalue weighted by Gasteiger charge is 2.28. The van der Waals surface area contributed by atoms with Crippen molar-refractivity contribution in [1.82, 2.24) is 20.1 Å². The predicted octanol–water partition coefficient (Wildman–Crippen LogP) is 3.92. The maximum absolute atomic E-state index is 13.5. The summed E-state index contributed by atoms with van der Waals surface area (Å²) < 4.78 is 7.10. The number of rotatable bonds is 8. The van der Waals surface area contributed by atoms with E-state index in [9.17, 15) is 9.59 Å². The number of thioether (sulfide) groups is 1. The van der Waals surface area contributed by atoms with E-state index in [1.165, 1.54) is 16.7 Å². The Morgan fingerprint density at radius 3 is 2.32 bits per heavy atom. The fraction of sp³-hybridized carbons (Fsp3) is 0.360. The van der Waals surface area contributed by atoms with Gasteiger partial charge in [-0.15, -0.1) is 10.2 Å². The van der Waals surface area contributed by atoms with Crippen LogP contribution < -0.4 is 15.0 Å². The number of amides is 2. The van der Waals surface area contributed by atoms with Crippen LogP contribution in [-0.2, 0) is 16.6 Å². The van der Waals surface area contributed by atoms with E-state index in [1.54, 1.807) is 31.4 Å². The average molecular weight is 482 g/mol. The molecule has 1 heterocycles. The molecule has 8 nitrogen and oxygen atoms in total. The molecule has 0 aliphatic rings. The van der Waals surface area contributed by atoms with Crippen LogP contribution in [0.25, 0.3) is 11.4 Å². The van der Waals surface area contributed by atoms with Gasteiger partial charge in [-0.1, -0.05) is 42.1 Å². The van der Waals surface area contributed by atoms with Crippen LogP contribution in [0.15, 0.2) is 59.8 Å². The summed E-state index contributed by atoms with van der Waals surface area (Å²) in [5.74, 6) is 0.951. The molecule has 0 saturated carbocycles. The molecule has 0 fully saturated rings. The number of hydrogen-bond acceptors (Lipinski definition) is 6. The minimum absolute atomic E-state index is 0.0958. The maximum atomic E-state index is 13.5. The van der Waals surface area contributed by atoms with Gasteiger partial charge in [0.2, 0.25) is 11.8 Å². The second-order valence-corrected chi connectivity index (χ2v) is 10.2. The van der Waals surface area contributed by atoms with Crippen LogP contribution >= 0.6 is 11.8 Å². The van der Waals surface area contributed by atoms with E-state index in [1.807, 2.05) is 69.6 Å². The molecule has 2 aromatic carbocycles. The van der Waals surface area contributed by atoms with Crippen molar-refractivity contribution >= 4 is 29.3 Å². The monoisotopic (exact) mass is 481 g/mol. The van der Waals surface area contributed by atoms with E-state index in [0.29, 0.717) is 16.6 Å². The Labute approximate surface area is 204 Å². The van der Waals surface area contributed by atoms with Crippen molar-refractivity contribution in [3.63, 3.8) is 0 Å². The van der Waals surface area contributed by atoms with E-state index in [4.69, 9.17) is 4.74 Å². The third kappa shape index (κ3) is 6.38. The zero-order chi connectivity index (χ0) is 24.9. The molecule has 34 heavy (non-hydrogen) atoms. The lowest BCUT2D eigenvalue weighted by Gasteiger charge is -2.27. The molecule has 1 atom stereocenters. The van der Waals surface area contributed by atoms with Crippen molar-refractivity contribution < 1.29 is 14.3 Å². The molecule has 3 rings (SSSR count). The zero-order valence-corrected chi connectivity index (χ0v) is 21.2. The minimum atomic E-state index is -0.504. The molecule has 2 amide bonds. The molecule has 0 aliphatic carbocycles. The third-order valence-electron chi connectivity index (χ3n) is 4.96. The van der Waals surface area contributed by atoms with Gasteiger partial charge in [-0.25, -0.2) is 0 Å². The Bertz CT molecular complexity index is 1120. The second-order valence-electron chi connectivity index (χ2n) is 8.91. The fourth-order valence-corrected chi connectivity index (χ4v) is 4.22. The molecule has 0 spiro atoms. The molecule has 3 aromatic rings. The first-order chi connectivity index (χ1) is 16.1. The molecule has 0 radical (unpaired) electrons. The number of carbonyl (C=O) groups excluding carboxylic acids is 2. The average Bonchev–Trinajstić information content (AvgIpc) is 3.16. The number of anilines is 1. The fourth-order valence-electron chi connectivity index (χ4n) is 3.34. The lowest BCUT2D eigenvalue weighted by Crippen LogP contribution is -2.48. The molecule has 1 N–H and O–H groups in total. The third-order valence-corrected chi connectivity index (χ3v) is 6.08. The summed E-state index contributed by atoms with van der Waals surface area (Å²) in [6.07, 6.45) is 0. The highest BCUT2D eigenvalue weighted by molar-refractivity contribution is 8.00. The van der Waals surface area contributed by atoms with Gasteiger partial charge < -0.3 is 19.5 Å². The quantitative estimate of drug-likeness (QED) is 0.491. The van der Waals surface area contributed by atoms with Crippen LogP contribution in [0.1, 0.15) is 27.7 Å². The summed E-state index contributed by atoms with van der Waals surface area (Å²) in [5, 5.41) is 11.6. The van der Waals surface area contributed by atoms with E-state index < -0.39 is 10.8 Å². The summed E-state index contributed by atoms with van der Waals surface area (Å²) >= 11 is 1.31. The van der Waals surface area contributed by atoms with Crippen molar-refractivity contribution in [2.24, 2.45) is 7.05 Å². The number of carbonyl (C=O) groups is 2. The van der Waals surface area contributed by atoms with Gasteiger partial charge in [-0.2, -0.15) is 0 Å². The van der Waals surface area contributed by atoms with E-state index in [0.717, 1.165) is 11.4 Å². The molecule has 0 saturated heterocycles. The number of benzene rings is 2. The van der Waals surface area contributed by atoms with Crippen molar-refractivity contribution in [1.29, 1.82) is 0 Å². The van der Waals surface area contributed by atoms with Gasteiger partial charge in [0.1, 0.15) is 12.3 Å². The molecule has 1 aromatic heterocycles. The first-order valence-electron chi connectivity index (χ1n) is 11.0. The standard InChI is InChI=1S/C25H31N5O3S/c1-17(34-24-28-27-22(29(24)5)18-10-8-7-9-11-18)23(32)30(16-21(31)26-25(2,3)4)19-12-14-20(33-6)15-13-19/h7-15,17H,16H2,1-6H3,(H,26,31)/t17-/m0/s1. The Balaban J connectivity index is 1.82. The van der Waals surface area contributed by atoms with Gasteiger partial charge in [0.05, 0.1) is 12.4 Å². The van der Waals surface area contributed by atoms with Crippen LogP contribution in [-0.4, -0.2) is 51.0 Å². The first-order valence-corrected chi connectivity index (χ1v) is 11.8. The second kappa shape index (κ2) is 10.7. The van der Waals surface area contributed by atoms with E-state index in [-0.39, 0.29) is 18.4 Å². The van der Waals surface area contributed by atoms with Crippen molar-refractivity contribution in [3.8, 4) is 17.1 Å². The number of nitrogens with one attached hydrogen (secondary N) is 1.